The lowest BCUT2D eigenvalue weighted by molar-refractivity contribution is 0.330. The predicted molar refractivity (Wildman–Crippen MR) is 68.6 cm³/mol. The second-order valence-corrected chi connectivity index (χ2v) is 4.99. The van der Waals surface area contributed by atoms with Gasteiger partial charge in [-0.1, -0.05) is 19.4 Å². The van der Waals surface area contributed by atoms with Crippen molar-refractivity contribution in [3.05, 3.63) is 23.9 Å². The van der Waals surface area contributed by atoms with E-state index < -0.39 is 0 Å². The van der Waals surface area contributed by atoms with Crippen LogP contribution in [-0.2, 0) is 0 Å². The van der Waals surface area contributed by atoms with Gasteiger partial charge in [0.05, 0.1) is 0 Å². The Morgan fingerprint density at radius 1 is 1.25 bits per heavy atom. The van der Waals surface area contributed by atoms with Crippen LogP contribution in [0.4, 0.5) is 5.82 Å². The second kappa shape index (κ2) is 5.33. The fourth-order valence-corrected chi connectivity index (χ4v) is 2.48. The van der Waals surface area contributed by atoms with Gasteiger partial charge in [-0.15, -0.1) is 0 Å². The van der Waals surface area contributed by atoms with Gasteiger partial charge in [-0.2, -0.15) is 0 Å². The summed E-state index contributed by atoms with van der Waals surface area (Å²) < 4.78 is 0. The zero-order valence-electron chi connectivity index (χ0n) is 10.4. The minimum absolute atomic E-state index is 0.637. The molecule has 88 valence electrons. The van der Waals surface area contributed by atoms with Gasteiger partial charge in [0, 0.05) is 12.2 Å². The highest BCUT2D eigenvalue weighted by atomic mass is 15.0. The smallest absolute Gasteiger partial charge is 0.126 e. The Morgan fingerprint density at radius 2 is 2.00 bits per heavy atom. The van der Waals surface area contributed by atoms with Crippen LogP contribution in [-0.4, -0.2) is 11.0 Å². The van der Waals surface area contributed by atoms with Crippen molar-refractivity contribution >= 4 is 5.82 Å². The number of hydrogen-bond donors (Lipinski definition) is 1. The molecule has 0 unspecified atom stereocenters. The van der Waals surface area contributed by atoms with E-state index >= 15 is 0 Å². The molecule has 0 aliphatic heterocycles. The third-order valence-corrected chi connectivity index (χ3v) is 3.69. The normalized spacial score (nSPS) is 25.4. The number of aromatic nitrogens is 1. The highest BCUT2D eigenvalue weighted by Gasteiger charge is 2.19. The van der Waals surface area contributed by atoms with Crippen LogP contribution >= 0.6 is 0 Å². The van der Waals surface area contributed by atoms with Crippen molar-refractivity contribution in [2.75, 3.05) is 5.32 Å². The molecule has 0 bridgehead atoms. The molecular weight excluding hydrogens is 196 g/mol. The van der Waals surface area contributed by atoms with E-state index in [0.29, 0.717) is 6.04 Å². The minimum Gasteiger partial charge on any atom is -0.367 e. The summed E-state index contributed by atoms with van der Waals surface area (Å²) in [4.78, 5) is 4.40. The van der Waals surface area contributed by atoms with Crippen LogP contribution in [0.5, 0.6) is 0 Å². The molecule has 1 saturated carbocycles. The van der Waals surface area contributed by atoms with Gasteiger partial charge < -0.3 is 5.32 Å². The average molecular weight is 218 g/mol. The molecular formula is C14H22N2. The van der Waals surface area contributed by atoms with Crippen LogP contribution in [0.1, 0.15) is 44.6 Å². The van der Waals surface area contributed by atoms with Crippen LogP contribution in [0, 0.1) is 12.8 Å². The van der Waals surface area contributed by atoms with Gasteiger partial charge in [-0.3, -0.25) is 0 Å². The third kappa shape index (κ3) is 2.97. The number of rotatable bonds is 3. The summed E-state index contributed by atoms with van der Waals surface area (Å²) in [5.74, 6) is 1.99. The van der Waals surface area contributed by atoms with E-state index in [4.69, 9.17) is 0 Å². The lowest BCUT2D eigenvalue weighted by Crippen LogP contribution is -2.26. The molecule has 1 fully saturated rings. The number of nitrogens with zero attached hydrogens (tertiary/aromatic N) is 1. The Kier molecular flexibility index (Phi) is 3.81. The number of aryl methyl sites for hydroxylation is 1. The summed E-state index contributed by atoms with van der Waals surface area (Å²) in [6, 6.07) is 4.84. The van der Waals surface area contributed by atoms with Crippen LogP contribution in [0.25, 0.3) is 0 Å². The van der Waals surface area contributed by atoms with E-state index in [-0.39, 0.29) is 0 Å². The molecule has 2 rings (SSSR count). The minimum atomic E-state index is 0.637. The highest BCUT2D eigenvalue weighted by Crippen LogP contribution is 2.27. The molecule has 0 spiro atoms. The van der Waals surface area contributed by atoms with Crippen molar-refractivity contribution in [2.24, 2.45) is 5.92 Å². The summed E-state index contributed by atoms with van der Waals surface area (Å²) in [5.41, 5.74) is 1.22. The molecule has 1 aliphatic carbocycles. The van der Waals surface area contributed by atoms with Gasteiger partial charge >= 0.3 is 0 Å². The zero-order chi connectivity index (χ0) is 11.4. The number of nitrogens with one attached hydrogen (secondary N) is 1. The molecule has 0 atom stereocenters. The molecule has 0 amide bonds. The molecule has 1 N–H and O–H groups in total. The first kappa shape index (κ1) is 11.4. The van der Waals surface area contributed by atoms with Gasteiger partial charge in [0.15, 0.2) is 0 Å². The lowest BCUT2D eigenvalue weighted by atomic mass is 9.84. The lowest BCUT2D eigenvalue weighted by Gasteiger charge is -2.28. The molecule has 2 nitrogen and oxygen atoms in total. The van der Waals surface area contributed by atoms with E-state index in [9.17, 15) is 0 Å². The van der Waals surface area contributed by atoms with Gasteiger partial charge in [0.2, 0.25) is 0 Å². The maximum atomic E-state index is 4.40. The average Bonchev–Trinajstić information content (AvgIpc) is 2.33. The van der Waals surface area contributed by atoms with Crippen molar-refractivity contribution in [1.82, 2.24) is 4.98 Å². The van der Waals surface area contributed by atoms with E-state index in [1.54, 1.807) is 0 Å². The SMILES string of the molecule is CCC1CCC(Nc2ccc(C)cn2)CC1. The van der Waals surface area contributed by atoms with Crippen LogP contribution < -0.4 is 5.32 Å². The van der Waals surface area contributed by atoms with Gasteiger partial charge in [-0.25, -0.2) is 4.98 Å². The standard InChI is InChI=1S/C14H22N2/c1-3-12-5-7-13(8-6-12)16-14-9-4-11(2)10-15-14/h4,9-10,12-13H,3,5-8H2,1-2H3,(H,15,16). The number of hydrogen-bond acceptors (Lipinski definition) is 2. The quantitative estimate of drug-likeness (QED) is 0.835. The topological polar surface area (TPSA) is 24.9 Å². The van der Waals surface area contributed by atoms with Crippen LogP contribution in [0.15, 0.2) is 18.3 Å². The fourth-order valence-electron chi connectivity index (χ4n) is 2.48. The van der Waals surface area contributed by atoms with E-state index in [2.05, 4.69) is 36.3 Å². The monoisotopic (exact) mass is 218 g/mol. The second-order valence-electron chi connectivity index (χ2n) is 4.99. The van der Waals surface area contributed by atoms with Crippen LogP contribution in [0.2, 0.25) is 0 Å². The van der Waals surface area contributed by atoms with Gasteiger partial charge in [0.1, 0.15) is 5.82 Å². The van der Waals surface area contributed by atoms with Gasteiger partial charge in [0.25, 0.3) is 0 Å². The zero-order valence-corrected chi connectivity index (χ0v) is 10.4. The molecule has 0 aromatic carbocycles. The Hall–Kier alpha value is -1.05. The van der Waals surface area contributed by atoms with Crippen LogP contribution in [0.3, 0.4) is 0 Å². The first-order chi connectivity index (χ1) is 7.78. The van der Waals surface area contributed by atoms with Crippen molar-refractivity contribution in [3.8, 4) is 0 Å². The molecule has 1 aliphatic rings. The highest BCUT2D eigenvalue weighted by molar-refractivity contribution is 5.36. The third-order valence-electron chi connectivity index (χ3n) is 3.69. The summed E-state index contributed by atoms with van der Waals surface area (Å²) in [6.45, 7) is 4.38. The largest absolute Gasteiger partial charge is 0.367 e. The molecule has 0 radical (unpaired) electrons. The predicted octanol–water partition coefficient (Wildman–Crippen LogP) is 3.77. The molecule has 1 aromatic rings. The van der Waals surface area contributed by atoms with Gasteiger partial charge in [-0.05, 0) is 50.2 Å². The summed E-state index contributed by atoms with van der Waals surface area (Å²) >= 11 is 0. The number of anilines is 1. The van der Waals surface area contributed by atoms with Crippen molar-refractivity contribution in [1.29, 1.82) is 0 Å². The van der Waals surface area contributed by atoms with E-state index in [1.807, 2.05) is 6.20 Å². The molecule has 16 heavy (non-hydrogen) atoms. The first-order valence-corrected chi connectivity index (χ1v) is 6.47. The van der Waals surface area contributed by atoms with Crippen molar-refractivity contribution in [3.63, 3.8) is 0 Å². The Balaban J connectivity index is 1.84. The van der Waals surface area contributed by atoms with Crippen molar-refractivity contribution in [2.45, 2.75) is 52.0 Å². The summed E-state index contributed by atoms with van der Waals surface area (Å²) in [6.07, 6.45) is 8.62. The maximum absolute atomic E-state index is 4.40. The Labute approximate surface area is 98.5 Å². The Bertz CT molecular complexity index is 310. The maximum Gasteiger partial charge on any atom is 0.126 e. The van der Waals surface area contributed by atoms with Crippen molar-refractivity contribution < 1.29 is 0 Å². The molecule has 2 heteroatoms. The Morgan fingerprint density at radius 3 is 2.56 bits per heavy atom. The van der Waals surface area contributed by atoms with E-state index in [1.165, 1.54) is 37.7 Å². The molecule has 1 heterocycles. The molecule has 1 aromatic heterocycles. The fraction of sp³-hybridized carbons (Fsp3) is 0.643. The number of pyridine rings is 1. The summed E-state index contributed by atoms with van der Waals surface area (Å²) in [7, 11) is 0. The van der Waals surface area contributed by atoms with E-state index in [0.717, 1.165) is 11.7 Å². The summed E-state index contributed by atoms with van der Waals surface area (Å²) in [5, 5.41) is 3.54. The molecule has 0 saturated heterocycles. The first-order valence-electron chi connectivity index (χ1n) is 6.47.